The van der Waals surface area contributed by atoms with Gasteiger partial charge in [0.25, 0.3) is 0 Å². The third-order valence-corrected chi connectivity index (χ3v) is 4.92. The molecule has 2 amide bonds. The number of anilines is 1. The molecule has 0 bridgehead atoms. The highest BCUT2D eigenvalue weighted by atomic mass is 16.2. The van der Waals surface area contributed by atoms with E-state index in [4.69, 9.17) is 0 Å². The zero-order valence-corrected chi connectivity index (χ0v) is 13.8. The van der Waals surface area contributed by atoms with Crippen LogP contribution in [0.3, 0.4) is 0 Å². The maximum atomic E-state index is 12.5. The minimum absolute atomic E-state index is 0.0798. The van der Waals surface area contributed by atoms with Crippen LogP contribution in [0.25, 0.3) is 11.5 Å². The van der Waals surface area contributed by atoms with Crippen LogP contribution in [0.1, 0.15) is 32.1 Å². The fourth-order valence-electron chi connectivity index (χ4n) is 3.62. The summed E-state index contributed by atoms with van der Waals surface area (Å²) in [5.41, 5.74) is 0.652. The molecule has 1 atom stereocenters. The number of rotatable bonds is 4. The van der Waals surface area contributed by atoms with Gasteiger partial charge in [0.1, 0.15) is 5.69 Å². The zero-order valence-electron chi connectivity index (χ0n) is 13.8. The normalized spacial score (nSPS) is 21.0. The van der Waals surface area contributed by atoms with Crippen molar-refractivity contribution in [3.63, 3.8) is 0 Å². The van der Waals surface area contributed by atoms with Gasteiger partial charge in [-0.3, -0.25) is 25.0 Å². The van der Waals surface area contributed by atoms with E-state index in [-0.39, 0.29) is 30.1 Å². The SMILES string of the molecule is O=C(Nc1n[nH]c(-c2ccccn2)n1)[C@H]1CC(=O)N(C2CCCC2)C1. The monoisotopic (exact) mass is 340 g/mol. The van der Waals surface area contributed by atoms with Gasteiger partial charge in [0.2, 0.25) is 17.8 Å². The molecular weight excluding hydrogens is 320 g/mol. The number of carbonyl (C=O) groups is 2. The summed E-state index contributed by atoms with van der Waals surface area (Å²) >= 11 is 0. The smallest absolute Gasteiger partial charge is 0.249 e. The Morgan fingerprint density at radius 1 is 1.28 bits per heavy atom. The number of aromatic nitrogens is 4. The number of carbonyl (C=O) groups excluding carboxylic acids is 2. The zero-order chi connectivity index (χ0) is 17.2. The average molecular weight is 340 g/mol. The topological polar surface area (TPSA) is 104 Å². The number of amides is 2. The van der Waals surface area contributed by atoms with Crippen LogP contribution in [-0.4, -0.2) is 49.5 Å². The number of H-pyrrole nitrogens is 1. The van der Waals surface area contributed by atoms with Crippen molar-refractivity contribution in [1.29, 1.82) is 0 Å². The van der Waals surface area contributed by atoms with Crippen molar-refractivity contribution in [2.24, 2.45) is 5.92 Å². The van der Waals surface area contributed by atoms with Crippen molar-refractivity contribution >= 4 is 17.8 Å². The third kappa shape index (κ3) is 3.24. The summed E-state index contributed by atoms with van der Waals surface area (Å²) in [6, 6.07) is 5.78. The Kier molecular flexibility index (Phi) is 4.17. The van der Waals surface area contributed by atoms with E-state index < -0.39 is 0 Å². The van der Waals surface area contributed by atoms with E-state index in [0.29, 0.717) is 24.1 Å². The largest absolute Gasteiger partial charge is 0.339 e. The average Bonchev–Trinajstić information content (AvgIpc) is 3.35. The van der Waals surface area contributed by atoms with Gasteiger partial charge in [-0.1, -0.05) is 18.9 Å². The molecular formula is C17H20N6O2. The lowest BCUT2D eigenvalue weighted by atomic mass is 10.1. The summed E-state index contributed by atoms with van der Waals surface area (Å²) in [5.74, 6) is 0.227. The van der Waals surface area contributed by atoms with Gasteiger partial charge in [0.05, 0.1) is 5.92 Å². The molecule has 8 nitrogen and oxygen atoms in total. The van der Waals surface area contributed by atoms with Crippen LogP contribution < -0.4 is 5.32 Å². The Morgan fingerprint density at radius 2 is 2.12 bits per heavy atom. The molecule has 0 aromatic carbocycles. The lowest BCUT2D eigenvalue weighted by molar-refractivity contribution is -0.129. The molecule has 2 aliphatic rings. The second-order valence-electron chi connectivity index (χ2n) is 6.60. The summed E-state index contributed by atoms with van der Waals surface area (Å²) in [6.45, 7) is 0.493. The molecule has 8 heteroatoms. The molecule has 0 unspecified atom stereocenters. The Balaban J connectivity index is 1.39. The van der Waals surface area contributed by atoms with E-state index in [2.05, 4.69) is 25.5 Å². The van der Waals surface area contributed by atoms with Crippen molar-refractivity contribution in [3.8, 4) is 11.5 Å². The molecule has 1 aliphatic carbocycles. The highest BCUT2D eigenvalue weighted by Crippen LogP contribution is 2.29. The molecule has 2 aromatic rings. The lowest BCUT2D eigenvalue weighted by Crippen LogP contribution is -2.35. The van der Waals surface area contributed by atoms with Crippen molar-refractivity contribution in [2.45, 2.75) is 38.1 Å². The molecule has 3 heterocycles. The molecule has 1 saturated heterocycles. The number of nitrogens with zero attached hydrogens (tertiary/aromatic N) is 4. The molecule has 2 aromatic heterocycles. The van der Waals surface area contributed by atoms with Crippen LogP contribution in [0, 0.1) is 5.92 Å². The van der Waals surface area contributed by atoms with Gasteiger partial charge in [-0.25, -0.2) is 0 Å². The number of hydrogen-bond donors (Lipinski definition) is 2. The Bertz CT molecular complexity index is 768. The number of aromatic amines is 1. The predicted molar refractivity (Wildman–Crippen MR) is 90.3 cm³/mol. The second-order valence-corrected chi connectivity index (χ2v) is 6.60. The first kappa shape index (κ1) is 15.7. The summed E-state index contributed by atoms with van der Waals surface area (Å²) in [4.78, 5) is 35.0. The fourth-order valence-corrected chi connectivity index (χ4v) is 3.62. The lowest BCUT2D eigenvalue weighted by Gasteiger charge is -2.23. The maximum Gasteiger partial charge on any atom is 0.249 e. The van der Waals surface area contributed by atoms with Crippen LogP contribution in [0.2, 0.25) is 0 Å². The summed E-state index contributed by atoms with van der Waals surface area (Å²) < 4.78 is 0. The van der Waals surface area contributed by atoms with E-state index in [9.17, 15) is 9.59 Å². The summed E-state index contributed by atoms with van der Waals surface area (Å²) in [5, 5.41) is 9.48. The van der Waals surface area contributed by atoms with Gasteiger partial charge < -0.3 is 4.90 Å². The number of hydrogen-bond acceptors (Lipinski definition) is 5. The van der Waals surface area contributed by atoms with E-state index in [1.165, 1.54) is 12.8 Å². The van der Waals surface area contributed by atoms with Gasteiger partial charge in [-0.15, -0.1) is 5.10 Å². The van der Waals surface area contributed by atoms with E-state index in [1.54, 1.807) is 12.3 Å². The van der Waals surface area contributed by atoms with Gasteiger partial charge in [-0.05, 0) is 25.0 Å². The third-order valence-electron chi connectivity index (χ3n) is 4.92. The molecule has 4 rings (SSSR count). The van der Waals surface area contributed by atoms with Gasteiger partial charge in [0.15, 0.2) is 5.82 Å². The first-order valence-corrected chi connectivity index (χ1v) is 8.65. The first-order chi connectivity index (χ1) is 12.2. The molecule has 1 saturated carbocycles. The number of pyridine rings is 1. The van der Waals surface area contributed by atoms with E-state index in [1.807, 2.05) is 17.0 Å². The van der Waals surface area contributed by atoms with E-state index in [0.717, 1.165) is 12.8 Å². The standard InChI is InChI=1S/C17H20N6O2/c24-14-9-11(10-23(14)12-5-1-2-6-12)16(25)20-17-19-15(21-22-17)13-7-3-4-8-18-13/h3-4,7-8,11-12H,1-2,5-6,9-10H2,(H2,19,20,21,22,25)/t11-/m0/s1. The summed E-state index contributed by atoms with van der Waals surface area (Å²) in [6.07, 6.45) is 6.36. The molecule has 1 aliphatic heterocycles. The Labute approximate surface area is 145 Å². The molecule has 2 N–H and O–H groups in total. The van der Waals surface area contributed by atoms with Gasteiger partial charge in [-0.2, -0.15) is 4.98 Å². The van der Waals surface area contributed by atoms with Crippen molar-refractivity contribution < 1.29 is 9.59 Å². The van der Waals surface area contributed by atoms with Crippen LogP contribution in [0.4, 0.5) is 5.95 Å². The van der Waals surface area contributed by atoms with Crippen molar-refractivity contribution in [2.75, 3.05) is 11.9 Å². The molecule has 130 valence electrons. The maximum absolute atomic E-state index is 12.5. The summed E-state index contributed by atoms with van der Waals surface area (Å²) in [7, 11) is 0. The quantitative estimate of drug-likeness (QED) is 0.880. The van der Waals surface area contributed by atoms with E-state index >= 15 is 0 Å². The minimum atomic E-state index is -0.343. The highest BCUT2D eigenvalue weighted by Gasteiger charge is 2.38. The molecule has 2 fully saturated rings. The number of likely N-dealkylation sites (tertiary alicyclic amines) is 1. The number of nitrogens with one attached hydrogen (secondary N) is 2. The Morgan fingerprint density at radius 3 is 2.88 bits per heavy atom. The van der Waals surface area contributed by atoms with Gasteiger partial charge in [0, 0.05) is 25.2 Å². The second kappa shape index (κ2) is 6.62. The molecule has 0 radical (unpaired) electrons. The first-order valence-electron chi connectivity index (χ1n) is 8.65. The van der Waals surface area contributed by atoms with Crippen LogP contribution in [0.15, 0.2) is 24.4 Å². The highest BCUT2D eigenvalue weighted by molar-refractivity contribution is 5.96. The molecule has 0 spiro atoms. The van der Waals surface area contributed by atoms with Crippen LogP contribution in [-0.2, 0) is 9.59 Å². The van der Waals surface area contributed by atoms with Crippen molar-refractivity contribution in [3.05, 3.63) is 24.4 Å². The predicted octanol–water partition coefficient (Wildman–Crippen LogP) is 1.60. The van der Waals surface area contributed by atoms with Gasteiger partial charge >= 0.3 is 0 Å². The van der Waals surface area contributed by atoms with Crippen molar-refractivity contribution in [1.82, 2.24) is 25.1 Å². The molecule has 25 heavy (non-hydrogen) atoms. The fraction of sp³-hybridized carbons (Fsp3) is 0.471. The minimum Gasteiger partial charge on any atom is -0.339 e. The Hall–Kier alpha value is -2.77. The van der Waals surface area contributed by atoms with Crippen LogP contribution in [0.5, 0.6) is 0 Å². The van der Waals surface area contributed by atoms with Crippen LogP contribution >= 0.6 is 0 Å².